The molecule has 0 bridgehead atoms. The van der Waals surface area contributed by atoms with E-state index >= 15 is 0 Å². The molecule has 0 fully saturated rings. The van der Waals surface area contributed by atoms with Gasteiger partial charge in [0, 0.05) is 15.2 Å². The molecule has 0 spiro atoms. The molecule has 2 aromatic rings. The topological polar surface area (TPSA) is 59.9 Å². The van der Waals surface area contributed by atoms with Gasteiger partial charge >= 0.3 is 0 Å². The van der Waals surface area contributed by atoms with Crippen molar-refractivity contribution in [3.8, 4) is 11.5 Å². The third-order valence-electron chi connectivity index (χ3n) is 3.24. The van der Waals surface area contributed by atoms with Crippen molar-refractivity contribution in [3.05, 3.63) is 57.2 Å². The van der Waals surface area contributed by atoms with E-state index in [1.54, 1.807) is 33.3 Å². The number of hydrogen-bond acceptors (Lipinski definition) is 4. The molecular formula is C17H17IN2O3. The molecule has 0 aliphatic heterocycles. The Balaban J connectivity index is 2.20. The van der Waals surface area contributed by atoms with Gasteiger partial charge in [0.05, 0.1) is 25.5 Å². The van der Waals surface area contributed by atoms with Crippen molar-refractivity contribution < 1.29 is 14.3 Å². The first kappa shape index (κ1) is 17.3. The fourth-order valence-corrected chi connectivity index (χ4v) is 2.63. The Morgan fingerprint density at radius 3 is 2.48 bits per heavy atom. The van der Waals surface area contributed by atoms with E-state index in [0.29, 0.717) is 22.8 Å². The molecule has 0 heterocycles. The van der Waals surface area contributed by atoms with E-state index in [9.17, 15) is 4.79 Å². The minimum atomic E-state index is -0.248. The summed E-state index contributed by atoms with van der Waals surface area (Å²) in [7, 11) is 3.17. The summed E-state index contributed by atoms with van der Waals surface area (Å²) < 4.78 is 11.4. The number of rotatable bonds is 5. The number of hydrazone groups is 1. The Morgan fingerprint density at radius 2 is 1.83 bits per heavy atom. The lowest BCUT2D eigenvalue weighted by Gasteiger charge is -2.10. The Bertz CT molecular complexity index is 744. The minimum absolute atomic E-state index is 0.248. The molecule has 0 saturated heterocycles. The quantitative estimate of drug-likeness (QED) is 0.455. The van der Waals surface area contributed by atoms with E-state index in [1.165, 1.54) is 0 Å². The first-order chi connectivity index (χ1) is 11.1. The van der Waals surface area contributed by atoms with Gasteiger partial charge in [0.2, 0.25) is 0 Å². The maximum absolute atomic E-state index is 12.2. The van der Waals surface area contributed by atoms with Gasteiger partial charge in [-0.1, -0.05) is 12.1 Å². The highest BCUT2D eigenvalue weighted by atomic mass is 127. The Morgan fingerprint density at radius 1 is 1.09 bits per heavy atom. The molecule has 1 N–H and O–H groups in total. The Labute approximate surface area is 148 Å². The van der Waals surface area contributed by atoms with Crippen LogP contribution in [0.3, 0.4) is 0 Å². The fraction of sp³-hybridized carbons (Fsp3) is 0.176. The van der Waals surface area contributed by atoms with Crippen molar-refractivity contribution in [1.29, 1.82) is 0 Å². The van der Waals surface area contributed by atoms with E-state index in [1.807, 2.05) is 30.3 Å². The predicted octanol–water partition coefficient (Wildman–Crippen LogP) is 3.46. The number of nitrogens with one attached hydrogen (secondary N) is 1. The molecule has 2 aromatic carbocycles. The van der Waals surface area contributed by atoms with Crippen LogP contribution in [0.5, 0.6) is 11.5 Å². The highest BCUT2D eigenvalue weighted by Crippen LogP contribution is 2.25. The zero-order valence-electron chi connectivity index (χ0n) is 13.1. The van der Waals surface area contributed by atoms with Gasteiger partial charge in [-0.25, -0.2) is 5.43 Å². The van der Waals surface area contributed by atoms with E-state index in [4.69, 9.17) is 9.47 Å². The van der Waals surface area contributed by atoms with Gasteiger partial charge in [-0.2, -0.15) is 5.10 Å². The van der Waals surface area contributed by atoms with Crippen molar-refractivity contribution in [1.82, 2.24) is 5.43 Å². The number of nitrogens with zero attached hydrogens (tertiary/aromatic N) is 1. The summed E-state index contributed by atoms with van der Waals surface area (Å²) in [5.74, 6) is 1.08. The van der Waals surface area contributed by atoms with Crippen LogP contribution >= 0.6 is 22.6 Å². The van der Waals surface area contributed by atoms with E-state index < -0.39 is 0 Å². The van der Waals surface area contributed by atoms with Crippen molar-refractivity contribution in [2.75, 3.05) is 14.2 Å². The van der Waals surface area contributed by atoms with Crippen LogP contribution in [-0.4, -0.2) is 25.8 Å². The first-order valence-corrected chi connectivity index (χ1v) is 7.96. The number of hydrogen-bond donors (Lipinski definition) is 1. The molecule has 23 heavy (non-hydrogen) atoms. The molecule has 5 nitrogen and oxygen atoms in total. The molecule has 0 radical (unpaired) electrons. The first-order valence-electron chi connectivity index (χ1n) is 6.88. The summed E-state index contributed by atoms with van der Waals surface area (Å²) in [4.78, 5) is 12.2. The molecule has 0 atom stereocenters. The van der Waals surface area contributed by atoms with Crippen molar-refractivity contribution >= 4 is 34.2 Å². The molecular weight excluding hydrogens is 407 g/mol. The number of carbonyl (C=O) groups excluding carboxylic acids is 1. The summed E-state index contributed by atoms with van der Waals surface area (Å²) in [5, 5.41) is 4.17. The highest BCUT2D eigenvalue weighted by Gasteiger charge is 2.11. The van der Waals surface area contributed by atoms with Gasteiger partial charge in [0.15, 0.2) is 0 Å². The fourth-order valence-electron chi connectivity index (χ4n) is 2.00. The zero-order valence-corrected chi connectivity index (χ0v) is 15.2. The normalized spacial score (nSPS) is 11.0. The summed E-state index contributed by atoms with van der Waals surface area (Å²) in [6.45, 7) is 1.81. The second-order valence-corrected chi connectivity index (χ2v) is 5.85. The average Bonchev–Trinajstić information content (AvgIpc) is 2.59. The molecule has 120 valence electrons. The Hall–Kier alpha value is -2.09. The van der Waals surface area contributed by atoms with Crippen LogP contribution in [0.1, 0.15) is 22.8 Å². The molecule has 0 aromatic heterocycles. The summed E-state index contributed by atoms with van der Waals surface area (Å²) in [6.07, 6.45) is 0. The molecule has 0 aliphatic carbocycles. The molecule has 2 rings (SSSR count). The average molecular weight is 424 g/mol. The predicted molar refractivity (Wildman–Crippen MR) is 98.4 cm³/mol. The third kappa shape index (κ3) is 4.22. The zero-order chi connectivity index (χ0) is 16.8. The summed E-state index contributed by atoms with van der Waals surface area (Å²) in [5.41, 5.74) is 4.60. The molecule has 6 heteroatoms. The maximum Gasteiger partial charge on any atom is 0.272 e. The van der Waals surface area contributed by atoms with Gasteiger partial charge < -0.3 is 9.47 Å². The van der Waals surface area contributed by atoms with Crippen molar-refractivity contribution in [2.24, 2.45) is 5.10 Å². The lowest BCUT2D eigenvalue weighted by molar-refractivity contribution is 0.0954. The van der Waals surface area contributed by atoms with E-state index in [0.717, 1.165) is 9.13 Å². The highest BCUT2D eigenvalue weighted by molar-refractivity contribution is 14.1. The lowest BCUT2D eigenvalue weighted by atomic mass is 10.1. The third-order valence-corrected chi connectivity index (χ3v) is 4.18. The standard InChI is InChI=1S/C17H17IN2O3/c1-11(13-9-8-12(22-2)10-16(13)23-3)19-20-17(21)14-6-4-5-7-15(14)18/h4-10H,1-3H3,(H,20,21)/b19-11-. The van der Waals surface area contributed by atoms with Crippen LogP contribution in [0.4, 0.5) is 0 Å². The smallest absolute Gasteiger partial charge is 0.272 e. The van der Waals surface area contributed by atoms with Crippen LogP contribution in [0, 0.1) is 3.57 Å². The lowest BCUT2D eigenvalue weighted by Crippen LogP contribution is -2.20. The number of amides is 1. The minimum Gasteiger partial charge on any atom is -0.497 e. The van der Waals surface area contributed by atoms with Gasteiger partial charge in [0.25, 0.3) is 5.91 Å². The summed E-state index contributed by atoms with van der Waals surface area (Å²) in [6, 6.07) is 12.8. The van der Waals surface area contributed by atoms with Gasteiger partial charge in [-0.15, -0.1) is 0 Å². The van der Waals surface area contributed by atoms with Crippen LogP contribution < -0.4 is 14.9 Å². The molecule has 1 amide bonds. The monoisotopic (exact) mass is 424 g/mol. The molecule has 0 saturated carbocycles. The largest absolute Gasteiger partial charge is 0.497 e. The van der Waals surface area contributed by atoms with Gasteiger partial charge in [-0.05, 0) is 53.8 Å². The number of methoxy groups -OCH3 is 2. The van der Waals surface area contributed by atoms with Crippen LogP contribution in [-0.2, 0) is 0 Å². The number of halogens is 1. The second-order valence-electron chi connectivity index (χ2n) is 4.68. The number of benzene rings is 2. The molecule has 0 aliphatic rings. The van der Waals surface area contributed by atoms with Crippen LogP contribution in [0.25, 0.3) is 0 Å². The van der Waals surface area contributed by atoms with Crippen LogP contribution in [0.2, 0.25) is 0 Å². The number of carbonyl (C=O) groups is 1. The number of ether oxygens (including phenoxy) is 2. The summed E-state index contributed by atoms with van der Waals surface area (Å²) >= 11 is 2.12. The SMILES string of the molecule is COc1ccc(/C(C)=N\NC(=O)c2ccccc2I)c(OC)c1. The van der Waals surface area contributed by atoms with E-state index in [-0.39, 0.29) is 5.91 Å². The van der Waals surface area contributed by atoms with E-state index in [2.05, 4.69) is 33.1 Å². The maximum atomic E-state index is 12.2. The van der Waals surface area contributed by atoms with Gasteiger partial charge in [-0.3, -0.25) is 4.79 Å². The van der Waals surface area contributed by atoms with Crippen LogP contribution in [0.15, 0.2) is 47.6 Å². The van der Waals surface area contributed by atoms with Crippen molar-refractivity contribution in [3.63, 3.8) is 0 Å². The van der Waals surface area contributed by atoms with Crippen molar-refractivity contribution in [2.45, 2.75) is 6.92 Å². The Kier molecular flexibility index (Phi) is 5.97. The molecule has 0 unspecified atom stereocenters. The second kappa shape index (κ2) is 7.96. The van der Waals surface area contributed by atoms with Gasteiger partial charge in [0.1, 0.15) is 11.5 Å².